The quantitative estimate of drug-likeness (QED) is 0.835. The number of rotatable bonds is 2. The number of aliphatic hydroxyl groups is 1. The summed E-state index contributed by atoms with van der Waals surface area (Å²) in [6.07, 6.45) is 1.70. The van der Waals surface area contributed by atoms with Gasteiger partial charge in [-0.05, 0) is 30.5 Å². The first-order valence-electron chi connectivity index (χ1n) is 5.39. The Bertz CT molecular complexity index is 304. The molecule has 2 rings (SSSR count). The first-order valence-corrected chi connectivity index (χ1v) is 5.77. The Morgan fingerprint density at radius 2 is 1.80 bits per heavy atom. The fraction of sp³-hybridized carbons (Fsp3) is 0.500. The maximum absolute atomic E-state index is 9.39. The molecule has 0 aliphatic carbocycles. The third kappa shape index (κ3) is 3.20. The molecule has 1 aliphatic rings. The molecule has 82 valence electrons. The van der Waals surface area contributed by atoms with Gasteiger partial charge in [0.05, 0.1) is 6.10 Å². The molecule has 2 nitrogen and oxygen atoms in total. The van der Waals surface area contributed by atoms with Crippen LogP contribution in [0.3, 0.4) is 0 Å². The highest BCUT2D eigenvalue weighted by atomic mass is 35.5. The van der Waals surface area contributed by atoms with Crippen LogP contribution >= 0.6 is 11.6 Å². The van der Waals surface area contributed by atoms with Gasteiger partial charge in [0.15, 0.2) is 0 Å². The molecule has 15 heavy (non-hydrogen) atoms. The van der Waals surface area contributed by atoms with Crippen LogP contribution in [0.5, 0.6) is 0 Å². The van der Waals surface area contributed by atoms with Gasteiger partial charge in [-0.3, -0.25) is 4.90 Å². The summed E-state index contributed by atoms with van der Waals surface area (Å²) >= 11 is 5.83. The van der Waals surface area contributed by atoms with Gasteiger partial charge in [0.1, 0.15) is 0 Å². The number of halogens is 1. The van der Waals surface area contributed by atoms with Gasteiger partial charge >= 0.3 is 0 Å². The van der Waals surface area contributed by atoms with E-state index in [9.17, 15) is 5.11 Å². The first-order chi connectivity index (χ1) is 7.24. The Morgan fingerprint density at radius 1 is 1.20 bits per heavy atom. The van der Waals surface area contributed by atoms with E-state index in [1.54, 1.807) is 0 Å². The largest absolute Gasteiger partial charge is 0.393 e. The Morgan fingerprint density at radius 3 is 2.40 bits per heavy atom. The Labute approximate surface area is 95.5 Å². The fourth-order valence-corrected chi connectivity index (χ4v) is 2.05. The van der Waals surface area contributed by atoms with Gasteiger partial charge in [-0.15, -0.1) is 0 Å². The molecule has 1 aromatic carbocycles. The lowest BCUT2D eigenvalue weighted by molar-refractivity contribution is 0.0792. The van der Waals surface area contributed by atoms with Gasteiger partial charge in [0.25, 0.3) is 0 Å². The van der Waals surface area contributed by atoms with E-state index in [2.05, 4.69) is 17.0 Å². The van der Waals surface area contributed by atoms with Gasteiger partial charge < -0.3 is 5.11 Å². The molecule has 1 saturated heterocycles. The van der Waals surface area contributed by atoms with Crippen LogP contribution in [-0.4, -0.2) is 29.2 Å². The zero-order valence-corrected chi connectivity index (χ0v) is 9.45. The van der Waals surface area contributed by atoms with Crippen molar-refractivity contribution in [2.24, 2.45) is 0 Å². The molecule has 0 saturated carbocycles. The van der Waals surface area contributed by atoms with Gasteiger partial charge in [0.2, 0.25) is 0 Å². The van der Waals surface area contributed by atoms with E-state index >= 15 is 0 Å². The Kier molecular flexibility index (Phi) is 3.62. The number of aliphatic hydroxyl groups excluding tert-OH is 1. The number of nitrogens with zero attached hydrogens (tertiary/aromatic N) is 1. The first kappa shape index (κ1) is 10.9. The predicted octanol–water partition coefficient (Wildman–Crippen LogP) is 2.30. The molecule has 1 heterocycles. The summed E-state index contributed by atoms with van der Waals surface area (Å²) in [4.78, 5) is 2.37. The smallest absolute Gasteiger partial charge is 0.0564 e. The van der Waals surface area contributed by atoms with Crippen LogP contribution in [0.4, 0.5) is 0 Å². The van der Waals surface area contributed by atoms with Crippen molar-refractivity contribution in [1.29, 1.82) is 0 Å². The zero-order chi connectivity index (χ0) is 10.7. The summed E-state index contributed by atoms with van der Waals surface area (Å²) in [5, 5.41) is 10.2. The number of likely N-dealkylation sites (tertiary alicyclic amines) is 1. The molecule has 3 heteroatoms. The van der Waals surface area contributed by atoms with Gasteiger partial charge in [-0.2, -0.15) is 0 Å². The molecular formula is C12H16ClNO. The summed E-state index contributed by atoms with van der Waals surface area (Å²) in [6, 6.07) is 7.98. The highest BCUT2D eigenvalue weighted by Crippen LogP contribution is 2.15. The van der Waals surface area contributed by atoms with Crippen molar-refractivity contribution in [3.8, 4) is 0 Å². The van der Waals surface area contributed by atoms with Crippen LogP contribution < -0.4 is 0 Å². The average molecular weight is 226 g/mol. The van der Waals surface area contributed by atoms with Crippen molar-refractivity contribution in [2.45, 2.75) is 25.5 Å². The number of piperidine rings is 1. The predicted molar refractivity (Wildman–Crippen MR) is 62.0 cm³/mol. The van der Waals surface area contributed by atoms with Gasteiger partial charge in [-0.25, -0.2) is 0 Å². The Balaban J connectivity index is 1.89. The fourth-order valence-electron chi connectivity index (χ4n) is 1.93. The van der Waals surface area contributed by atoms with E-state index in [1.807, 2.05) is 12.1 Å². The van der Waals surface area contributed by atoms with Gasteiger partial charge in [0, 0.05) is 24.7 Å². The highest BCUT2D eigenvalue weighted by Gasteiger charge is 2.16. The van der Waals surface area contributed by atoms with Crippen molar-refractivity contribution >= 4 is 11.6 Å². The second-order valence-electron chi connectivity index (χ2n) is 4.13. The lowest BCUT2D eigenvalue weighted by atomic mass is 10.1. The number of benzene rings is 1. The monoisotopic (exact) mass is 225 g/mol. The van der Waals surface area contributed by atoms with E-state index in [-0.39, 0.29) is 6.10 Å². The third-order valence-corrected chi connectivity index (χ3v) is 3.13. The minimum absolute atomic E-state index is 0.0912. The maximum atomic E-state index is 9.39. The molecule has 1 aliphatic heterocycles. The van der Waals surface area contributed by atoms with Crippen LogP contribution in [0.2, 0.25) is 5.02 Å². The average Bonchev–Trinajstić information content (AvgIpc) is 2.25. The second kappa shape index (κ2) is 4.97. The summed E-state index contributed by atoms with van der Waals surface area (Å²) in [5.41, 5.74) is 1.29. The number of hydrogen-bond donors (Lipinski definition) is 1. The minimum atomic E-state index is -0.0912. The molecule has 0 unspecified atom stereocenters. The van der Waals surface area contributed by atoms with Crippen molar-refractivity contribution < 1.29 is 5.11 Å². The van der Waals surface area contributed by atoms with Crippen LogP contribution in [-0.2, 0) is 6.54 Å². The maximum Gasteiger partial charge on any atom is 0.0564 e. The van der Waals surface area contributed by atoms with E-state index in [0.717, 1.165) is 37.5 Å². The SMILES string of the molecule is OC1CCN(Cc2ccc(Cl)cc2)CC1. The third-order valence-electron chi connectivity index (χ3n) is 2.88. The minimum Gasteiger partial charge on any atom is -0.393 e. The van der Waals surface area contributed by atoms with Crippen molar-refractivity contribution in [2.75, 3.05) is 13.1 Å². The lowest BCUT2D eigenvalue weighted by Crippen LogP contribution is -2.35. The molecule has 0 radical (unpaired) electrons. The Hall–Kier alpha value is -0.570. The molecule has 1 N–H and O–H groups in total. The summed E-state index contributed by atoms with van der Waals surface area (Å²) in [5.74, 6) is 0. The second-order valence-corrected chi connectivity index (χ2v) is 4.57. The molecule has 0 amide bonds. The summed E-state index contributed by atoms with van der Waals surface area (Å²) in [6.45, 7) is 2.94. The van der Waals surface area contributed by atoms with E-state index in [1.165, 1.54) is 5.56 Å². The molecule has 0 atom stereocenters. The van der Waals surface area contributed by atoms with E-state index in [4.69, 9.17) is 11.6 Å². The molecule has 1 aromatic rings. The number of hydrogen-bond acceptors (Lipinski definition) is 2. The molecule has 0 bridgehead atoms. The van der Waals surface area contributed by atoms with Crippen LogP contribution in [0.25, 0.3) is 0 Å². The zero-order valence-electron chi connectivity index (χ0n) is 8.69. The topological polar surface area (TPSA) is 23.5 Å². The van der Waals surface area contributed by atoms with Crippen molar-refractivity contribution in [1.82, 2.24) is 4.90 Å². The van der Waals surface area contributed by atoms with Crippen molar-refractivity contribution in [3.63, 3.8) is 0 Å². The molecular weight excluding hydrogens is 210 g/mol. The van der Waals surface area contributed by atoms with E-state index in [0.29, 0.717) is 0 Å². The molecule has 0 spiro atoms. The summed E-state index contributed by atoms with van der Waals surface area (Å²) < 4.78 is 0. The lowest BCUT2D eigenvalue weighted by Gasteiger charge is -2.29. The van der Waals surface area contributed by atoms with Crippen LogP contribution in [0.1, 0.15) is 18.4 Å². The van der Waals surface area contributed by atoms with E-state index < -0.39 is 0 Å². The summed E-state index contributed by atoms with van der Waals surface area (Å²) in [7, 11) is 0. The normalized spacial score (nSPS) is 19.3. The van der Waals surface area contributed by atoms with Crippen LogP contribution in [0, 0.1) is 0 Å². The van der Waals surface area contributed by atoms with Crippen molar-refractivity contribution in [3.05, 3.63) is 34.9 Å². The molecule has 1 fully saturated rings. The van der Waals surface area contributed by atoms with Crippen LogP contribution in [0.15, 0.2) is 24.3 Å². The molecule has 0 aromatic heterocycles. The highest BCUT2D eigenvalue weighted by molar-refractivity contribution is 6.30. The standard InChI is InChI=1S/C12H16ClNO/c13-11-3-1-10(2-4-11)9-14-7-5-12(15)6-8-14/h1-4,12,15H,5-9H2. The van der Waals surface area contributed by atoms with Gasteiger partial charge in [-0.1, -0.05) is 23.7 Å².